The average molecular weight is 706 g/mol. The Balaban J connectivity index is 2.34. The standard InChI is InChI=1S/C41H75N3O6/c1-4-7-10-19-27-37(26-18-9-6-3)50-40(47)29-21-15-13-17-23-32-43(33-25-34-44-35-30-38(45)42-41(44)48)31-22-16-12-14-20-28-39(46)49-36-24-11-8-5-2/h30,35,37H,4-29,31-34,36H2,1-3H3,(H,42,45,48). The number of carbonyl (C=O) groups excluding carboxylic acids is 2. The molecule has 1 atom stereocenters. The molecule has 0 fully saturated rings. The number of unbranched alkanes of at least 4 members (excludes halogenated alkanes) is 16. The predicted molar refractivity (Wildman–Crippen MR) is 206 cm³/mol. The van der Waals surface area contributed by atoms with Crippen molar-refractivity contribution in [2.24, 2.45) is 0 Å². The SMILES string of the molecule is CCCCCCOC(=O)CCCCCCCN(CCCCCCCC(=O)OC(CCCCC)CCCCCC)CCCn1ccc(=O)[nH]c1=O. The van der Waals surface area contributed by atoms with Gasteiger partial charge in [0.15, 0.2) is 0 Å². The fraction of sp³-hybridized carbons (Fsp3) is 0.854. The highest BCUT2D eigenvalue weighted by molar-refractivity contribution is 5.69. The molecule has 0 aliphatic carbocycles. The molecule has 1 aromatic heterocycles. The Morgan fingerprint density at radius 2 is 1.14 bits per heavy atom. The number of H-pyrrole nitrogens is 1. The van der Waals surface area contributed by atoms with Crippen LogP contribution in [0.5, 0.6) is 0 Å². The Morgan fingerprint density at radius 1 is 0.640 bits per heavy atom. The van der Waals surface area contributed by atoms with Crippen molar-refractivity contribution in [3.05, 3.63) is 33.1 Å². The minimum atomic E-state index is -0.367. The van der Waals surface area contributed by atoms with E-state index in [9.17, 15) is 19.2 Å². The second-order valence-corrected chi connectivity index (χ2v) is 14.3. The van der Waals surface area contributed by atoms with Crippen molar-refractivity contribution in [2.75, 3.05) is 26.2 Å². The molecule has 1 heterocycles. The maximum atomic E-state index is 12.6. The van der Waals surface area contributed by atoms with Gasteiger partial charge in [0.1, 0.15) is 6.10 Å². The summed E-state index contributed by atoms with van der Waals surface area (Å²) < 4.78 is 12.8. The van der Waals surface area contributed by atoms with Crippen LogP contribution in [0.2, 0.25) is 0 Å². The summed E-state index contributed by atoms with van der Waals surface area (Å²) in [5.41, 5.74) is -0.722. The molecule has 0 bridgehead atoms. The van der Waals surface area contributed by atoms with E-state index in [0.717, 1.165) is 129 Å². The van der Waals surface area contributed by atoms with E-state index in [2.05, 4.69) is 30.7 Å². The molecule has 9 heteroatoms. The van der Waals surface area contributed by atoms with Crippen LogP contribution in [0.1, 0.15) is 188 Å². The molecule has 0 spiro atoms. The van der Waals surface area contributed by atoms with Gasteiger partial charge in [-0.25, -0.2) is 4.79 Å². The van der Waals surface area contributed by atoms with Gasteiger partial charge in [0.2, 0.25) is 0 Å². The van der Waals surface area contributed by atoms with Gasteiger partial charge < -0.3 is 18.9 Å². The summed E-state index contributed by atoms with van der Waals surface area (Å²) in [7, 11) is 0. The van der Waals surface area contributed by atoms with Crippen LogP contribution in [-0.2, 0) is 25.6 Å². The lowest BCUT2D eigenvalue weighted by Crippen LogP contribution is -2.31. The second-order valence-electron chi connectivity index (χ2n) is 14.3. The second kappa shape index (κ2) is 32.5. The minimum Gasteiger partial charge on any atom is -0.466 e. The van der Waals surface area contributed by atoms with Crippen LogP contribution in [0.3, 0.4) is 0 Å². The number of nitrogens with zero attached hydrogens (tertiary/aromatic N) is 2. The highest BCUT2D eigenvalue weighted by atomic mass is 16.5. The molecule has 0 amide bonds. The molecule has 9 nitrogen and oxygen atoms in total. The van der Waals surface area contributed by atoms with Crippen LogP contribution in [0.15, 0.2) is 21.9 Å². The van der Waals surface area contributed by atoms with Crippen LogP contribution in [0, 0.1) is 0 Å². The summed E-state index contributed by atoms with van der Waals surface area (Å²) in [6, 6.07) is 1.40. The Bertz CT molecular complexity index is 1070. The number of aromatic amines is 1. The molecule has 0 saturated heterocycles. The number of aromatic nitrogens is 2. The quantitative estimate of drug-likeness (QED) is 0.0553. The third kappa shape index (κ3) is 26.4. The third-order valence-electron chi connectivity index (χ3n) is 9.55. The molecule has 1 aromatic rings. The van der Waals surface area contributed by atoms with E-state index in [-0.39, 0.29) is 29.3 Å². The van der Waals surface area contributed by atoms with Crippen molar-refractivity contribution in [3.63, 3.8) is 0 Å². The lowest BCUT2D eigenvalue weighted by molar-refractivity contribution is -0.150. The van der Waals surface area contributed by atoms with Crippen LogP contribution in [0.4, 0.5) is 0 Å². The van der Waals surface area contributed by atoms with Crippen molar-refractivity contribution >= 4 is 11.9 Å². The summed E-state index contributed by atoms with van der Waals surface area (Å²) in [5.74, 6) is -0.0821. The van der Waals surface area contributed by atoms with Crippen molar-refractivity contribution in [3.8, 4) is 0 Å². The van der Waals surface area contributed by atoms with E-state index in [0.29, 0.717) is 26.0 Å². The molecule has 0 aliphatic heterocycles. The topological polar surface area (TPSA) is 111 Å². The Labute approximate surface area is 304 Å². The predicted octanol–water partition coefficient (Wildman–Crippen LogP) is 9.50. The Kier molecular flexibility index (Phi) is 29.6. The van der Waals surface area contributed by atoms with Crippen molar-refractivity contribution < 1.29 is 19.1 Å². The van der Waals surface area contributed by atoms with Gasteiger partial charge in [-0.3, -0.25) is 19.4 Å². The first-order valence-electron chi connectivity index (χ1n) is 20.8. The number of hydrogen-bond acceptors (Lipinski definition) is 7. The van der Waals surface area contributed by atoms with E-state index in [1.54, 1.807) is 10.8 Å². The summed E-state index contributed by atoms with van der Waals surface area (Å²) in [4.78, 5) is 52.9. The molecule has 1 rings (SSSR count). The van der Waals surface area contributed by atoms with Crippen LogP contribution >= 0.6 is 0 Å². The van der Waals surface area contributed by atoms with Gasteiger partial charge in [-0.1, -0.05) is 111 Å². The van der Waals surface area contributed by atoms with Crippen molar-refractivity contribution in [1.82, 2.24) is 14.5 Å². The monoisotopic (exact) mass is 706 g/mol. The lowest BCUT2D eigenvalue weighted by Gasteiger charge is -2.22. The van der Waals surface area contributed by atoms with Gasteiger partial charge in [-0.2, -0.15) is 0 Å². The molecule has 50 heavy (non-hydrogen) atoms. The number of aryl methyl sites for hydroxylation is 1. The van der Waals surface area contributed by atoms with E-state index in [4.69, 9.17) is 9.47 Å². The van der Waals surface area contributed by atoms with Gasteiger partial charge >= 0.3 is 17.6 Å². The molecule has 1 unspecified atom stereocenters. The largest absolute Gasteiger partial charge is 0.466 e. The molecular formula is C41H75N3O6. The number of carbonyl (C=O) groups is 2. The maximum Gasteiger partial charge on any atom is 0.328 e. The van der Waals surface area contributed by atoms with Crippen LogP contribution in [0.25, 0.3) is 0 Å². The number of ether oxygens (including phenoxy) is 2. The highest BCUT2D eigenvalue weighted by Crippen LogP contribution is 2.17. The molecule has 290 valence electrons. The summed E-state index contributed by atoms with van der Waals surface area (Å²) in [6.45, 7) is 10.7. The lowest BCUT2D eigenvalue weighted by atomic mass is 10.0. The van der Waals surface area contributed by atoms with E-state index >= 15 is 0 Å². The van der Waals surface area contributed by atoms with Gasteiger partial charge in [-0.05, 0) is 83.8 Å². The number of nitrogens with one attached hydrogen (secondary N) is 1. The summed E-state index contributed by atoms with van der Waals surface area (Å²) >= 11 is 0. The maximum absolute atomic E-state index is 12.6. The first kappa shape index (κ1) is 45.6. The smallest absolute Gasteiger partial charge is 0.328 e. The molecule has 0 aliphatic rings. The molecular weight excluding hydrogens is 630 g/mol. The number of hydrogen-bond donors (Lipinski definition) is 1. The zero-order chi connectivity index (χ0) is 36.5. The number of rotatable bonds is 35. The number of esters is 2. The Morgan fingerprint density at radius 3 is 1.76 bits per heavy atom. The van der Waals surface area contributed by atoms with Gasteiger partial charge in [0.25, 0.3) is 5.56 Å². The van der Waals surface area contributed by atoms with Crippen LogP contribution < -0.4 is 11.2 Å². The van der Waals surface area contributed by atoms with Crippen molar-refractivity contribution in [1.29, 1.82) is 0 Å². The van der Waals surface area contributed by atoms with E-state index in [1.165, 1.54) is 51.0 Å². The molecule has 1 N–H and O–H groups in total. The summed E-state index contributed by atoms with van der Waals surface area (Å²) in [6.07, 6.45) is 29.0. The first-order chi connectivity index (χ1) is 24.4. The van der Waals surface area contributed by atoms with Gasteiger partial charge in [0, 0.05) is 31.6 Å². The Hall–Kier alpha value is -2.42. The minimum absolute atomic E-state index is 0.0208. The van der Waals surface area contributed by atoms with Gasteiger partial charge in [0.05, 0.1) is 6.61 Å². The zero-order valence-corrected chi connectivity index (χ0v) is 32.5. The zero-order valence-electron chi connectivity index (χ0n) is 32.5. The first-order valence-corrected chi connectivity index (χ1v) is 20.8. The van der Waals surface area contributed by atoms with E-state index < -0.39 is 0 Å². The fourth-order valence-corrected chi connectivity index (χ4v) is 6.41. The molecule has 0 saturated carbocycles. The highest BCUT2D eigenvalue weighted by Gasteiger charge is 2.14. The fourth-order valence-electron chi connectivity index (χ4n) is 6.41. The summed E-state index contributed by atoms with van der Waals surface area (Å²) in [5, 5.41) is 0. The molecule has 0 radical (unpaired) electrons. The third-order valence-corrected chi connectivity index (χ3v) is 9.55. The normalized spacial score (nSPS) is 12.0. The van der Waals surface area contributed by atoms with Crippen molar-refractivity contribution in [2.45, 2.75) is 200 Å². The van der Waals surface area contributed by atoms with Crippen LogP contribution in [-0.4, -0.2) is 58.7 Å². The van der Waals surface area contributed by atoms with Gasteiger partial charge in [-0.15, -0.1) is 0 Å². The average Bonchev–Trinajstić information content (AvgIpc) is 3.09. The van der Waals surface area contributed by atoms with E-state index in [1.807, 2.05) is 0 Å². The molecule has 0 aromatic carbocycles.